The molecule has 1 fully saturated rings. The molecule has 0 amide bonds. The van der Waals surface area contributed by atoms with Gasteiger partial charge in [0.15, 0.2) is 0 Å². The Kier molecular flexibility index (Phi) is 5.00. The van der Waals surface area contributed by atoms with E-state index in [2.05, 4.69) is 6.92 Å². The number of benzene rings is 1. The van der Waals surface area contributed by atoms with Crippen LogP contribution in [0.4, 0.5) is 0 Å². The Labute approximate surface area is 153 Å². The number of likely N-dealkylation sites (tertiary alicyclic amines) is 1. The molecule has 140 valence electrons. The minimum Gasteiger partial charge on any atom is -0.491 e. The predicted octanol–water partition coefficient (Wildman–Crippen LogP) is 1.48. The maximum absolute atomic E-state index is 12.1. The van der Waals surface area contributed by atoms with Crippen LogP contribution in [-0.4, -0.2) is 36.9 Å². The number of hydrogen-bond acceptors (Lipinski definition) is 4. The fourth-order valence-corrected chi connectivity index (χ4v) is 4.46. The zero-order valence-electron chi connectivity index (χ0n) is 15.4. The monoisotopic (exact) mass is 358 g/mol. The van der Waals surface area contributed by atoms with E-state index >= 15 is 0 Å². The van der Waals surface area contributed by atoms with Crippen LogP contribution in [-0.2, 0) is 12.8 Å². The molecular formula is C21H28NO4+. The van der Waals surface area contributed by atoms with Crippen molar-refractivity contribution in [2.75, 3.05) is 19.7 Å². The molecule has 5 heteroatoms. The van der Waals surface area contributed by atoms with Crippen LogP contribution < -0.4 is 15.3 Å². The SMILES string of the molecule is C[C@@H]1CCCC[NH+]1C[C@H](O)COc1ccc2c3c(c(=O)oc2c1)CCC3. The fourth-order valence-electron chi connectivity index (χ4n) is 4.46. The smallest absolute Gasteiger partial charge is 0.339 e. The molecule has 1 aromatic heterocycles. The molecule has 1 aliphatic carbocycles. The van der Waals surface area contributed by atoms with Gasteiger partial charge in [0.1, 0.15) is 30.6 Å². The quantitative estimate of drug-likeness (QED) is 0.795. The summed E-state index contributed by atoms with van der Waals surface area (Å²) in [5, 5.41) is 11.4. The number of rotatable bonds is 5. The molecule has 2 N–H and O–H groups in total. The van der Waals surface area contributed by atoms with E-state index in [1.165, 1.54) is 24.2 Å². The van der Waals surface area contributed by atoms with E-state index < -0.39 is 6.10 Å². The first kappa shape index (κ1) is 17.6. The normalized spacial score (nSPS) is 23.8. The van der Waals surface area contributed by atoms with Gasteiger partial charge in [0.05, 0.1) is 12.6 Å². The lowest BCUT2D eigenvalue weighted by atomic mass is 10.0. The molecule has 2 aliphatic rings. The maximum atomic E-state index is 12.1. The van der Waals surface area contributed by atoms with Crippen LogP contribution in [0.3, 0.4) is 0 Å². The van der Waals surface area contributed by atoms with Crippen LogP contribution in [0.5, 0.6) is 5.75 Å². The van der Waals surface area contributed by atoms with Crippen LogP contribution in [0.15, 0.2) is 27.4 Å². The number of ether oxygens (including phenoxy) is 1. The van der Waals surface area contributed by atoms with Crippen molar-refractivity contribution in [2.24, 2.45) is 0 Å². The molecule has 5 nitrogen and oxygen atoms in total. The van der Waals surface area contributed by atoms with Gasteiger partial charge in [-0.25, -0.2) is 4.79 Å². The summed E-state index contributed by atoms with van der Waals surface area (Å²) in [6.07, 6.45) is 6.04. The van der Waals surface area contributed by atoms with Gasteiger partial charge in [-0.05, 0) is 63.1 Å². The first-order valence-electron chi connectivity index (χ1n) is 9.86. The Bertz CT molecular complexity index is 844. The average molecular weight is 358 g/mol. The van der Waals surface area contributed by atoms with Crippen molar-refractivity contribution in [3.8, 4) is 5.75 Å². The second-order valence-corrected chi connectivity index (χ2v) is 7.83. The first-order chi connectivity index (χ1) is 12.6. The molecule has 0 bridgehead atoms. The van der Waals surface area contributed by atoms with Gasteiger partial charge in [0.25, 0.3) is 0 Å². The number of hydrogen-bond donors (Lipinski definition) is 2. The third kappa shape index (κ3) is 3.51. The number of aryl methyl sites for hydroxylation is 1. The molecule has 1 saturated heterocycles. The number of piperidine rings is 1. The third-order valence-electron chi connectivity index (χ3n) is 5.97. The van der Waals surface area contributed by atoms with E-state index in [4.69, 9.17) is 9.15 Å². The van der Waals surface area contributed by atoms with Crippen LogP contribution in [0.2, 0.25) is 0 Å². The molecule has 3 atom stereocenters. The van der Waals surface area contributed by atoms with Gasteiger partial charge in [-0.3, -0.25) is 0 Å². The summed E-state index contributed by atoms with van der Waals surface area (Å²) in [5.74, 6) is 0.638. The molecule has 0 saturated carbocycles. The number of aliphatic hydroxyl groups excluding tert-OH is 1. The van der Waals surface area contributed by atoms with Crippen LogP contribution in [0.25, 0.3) is 11.0 Å². The van der Waals surface area contributed by atoms with Crippen LogP contribution in [0.1, 0.15) is 43.7 Å². The van der Waals surface area contributed by atoms with Crippen molar-refractivity contribution in [1.29, 1.82) is 0 Å². The molecule has 1 unspecified atom stereocenters. The third-order valence-corrected chi connectivity index (χ3v) is 5.97. The standard InChI is InChI=1S/C21H27NO4/c1-14-5-2-3-10-22(14)12-15(23)13-25-16-8-9-18-17-6-4-7-19(17)21(24)26-20(18)11-16/h8-9,11,14-15,23H,2-7,10,12-13H2,1H3/p+1/t14-,15+/m1/s1. The van der Waals surface area contributed by atoms with E-state index in [1.54, 1.807) is 6.07 Å². The van der Waals surface area contributed by atoms with Gasteiger partial charge < -0.3 is 19.2 Å². The van der Waals surface area contributed by atoms with Crippen molar-refractivity contribution in [1.82, 2.24) is 0 Å². The summed E-state index contributed by atoms with van der Waals surface area (Å²) in [7, 11) is 0. The zero-order chi connectivity index (χ0) is 18.1. The summed E-state index contributed by atoms with van der Waals surface area (Å²) in [6, 6.07) is 6.26. The van der Waals surface area contributed by atoms with Gasteiger partial charge >= 0.3 is 5.63 Å². The maximum Gasteiger partial charge on any atom is 0.339 e. The second-order valence-electron chi connectivity index (χ2n) is 7.83. The number of quaternary nitrogens is 1. The lowest BCUT2D eigenvalue weighted by Crippen LogP contribution is -3.17. The van der Waals surface area contributed by atoms with Crippen molar-refractivity contribution in [3.05, 3.63) is 39.7 Å². The zero-order valence-corrected chi connectivity index (χ0v) is 15.4. The Morgan fingerprint density at radius 3 is 2.96 bits per heavy atom. The Morgan fingerprint density at radius 2 is 2.12 bits per heavy atom. The highest BCUT2D eigenvalue weighted by Gasteiger charge is 2.25. The molecule has 1 aromatic carbocycles. The minimum atomic E-state index is -0.492. The van der Waals surface area contributed by atoms with Crippen LogP contribution >= 0.6 is 0 Å². The summed E-state index contributed by atoms with van der Waals surface area (Å²) in [4.78, 5) is 13.6. The predicted molar refractivity (Wildman–Crippen MR) is 100 cm³/mol. The van der Waals surface area contributed by atoms with Crippen molar-refractivity contribution in [2.45, 2.75) is 57.6 Å². The lowest BCUT2D eigenvalue weighted by molar-refractivity contribution is -0.931. The van der Waals surface area contributed by atoms with E-state index in [0.29, 0.717) is 17.4 Å². The molecule has 2 aromatic rings. The summed E-state index contributed by atoms with van der Waals surface area (Å²) < 4.78 is 11.3. The molecule has 2 heterocycles. The Balaban J connectivity index is 1.43. The molecular weight excluding hydrogens is 330 g/mol. The van der Waals surface area contributed by atoms with Gasteiger partial charge in [0, 0.05) is 17.0 Å². The average Bonchev–Trinajstić information content (AvgIpc) is 3.12. The van der Waals surface area contributed by atoms with E-state index in [0.717, 1.165) is 48.9 Å². The highest BCUT2D eigenvalue weighted by Crippen LogP contribution is 2.29. The Hall–Kier alpha value is -1.85. The lowest BCUT2D eigenvalue weighted by Gasteiger charge is -2.31. The van der Waals surface area contributed by atoms with Crippen LogP contribution in [0, 0.1) is 0 Å². The molecule has 26 heavy (non-hydrogen) atoms. The minimum absolute atomic E-state index is 0.218. The second kappa shape index (κ2) is 7.41. The summed E-state index contributed by atoms with van der Waals surface area (Å²) in [5.41, 5.74) is 2.33. The largest absolute Gasteiger partial charge is 0.491 e. The highest BCUT2D eigenvalue weighted by atomic mass is 16.5. The van der Waals surface area contributed by atoms with E-state index in [1.807, 2.05) is 12.1 Å². The van der Waals surface area contributed by atoms with Crippen molar-refractivity contribution >= 4 is 11.0 Å². The number of fused-ring (bicyclic) bond motifs is 3. The molecule has 0 spiro atoms. The summed E-state index contributed by atoms with van der Waals surface area (Å²) in [6.45, 7) is 4.37. The van der Waals surface area contributed by atoms with E-state index in [9.17, 15) is 9.90 Å². The van der Waals surface area contributed by atoms with Crippen molar-refractivity contribution < 1.29 is 19.2 Å². The van der Waals surface area contributed by atoms with E-state index in [-0.39, 0.29) is 12.2 Å². The summed E-state index contributed by atoms with van der Waals surface area (Å²) >= 11 is 0. The first-order valence-corrected chi connectivity index (χ1v) is 9.86. The molecule has 4 rings (SSSR count). The number of nitrogens with one attached hydrogen (secondary N) is 1. The van der Waals surface area contributed by atoms with Gasteiger partial charge in [-0.1, -0.05) is 0 Å². The van der Waals surface area contributed by atoms with Gasteiger partial charge in [0.2, 0.25) is 0 Å². The molecule has 0 radical (unpaired) electrons. The number of aliphatic hydroxyl groups is 1. The van der Waals surface area contributed by atoms with Gasteiger partial charge in [-0.2, -0.15) is 0 Å². The fraction of sp³-hybridized carbons (Fsp3) is 0.571. The molecule has 1 aliphatic heterocycles. The Morgan fingerprint density at radius 1 is 1.27 bits per heavy atom. The van der Waals surface area contributed by atoms with Gasteiger partial charge in [-0.15, -0.1) is 0 Å². The highest BCUT2D eigenvalue weighted by molar-refractivity contribution is 5.83. The topological polar surface area (TPSA) is 64.1 Å². The van der Waals surface area contributed by atoms with Crippen molar-refractivity contribution in [3.63, 3.8) is 0 Å².